The van der Waals surface area contributed by atoms with E-state index in [4.69, 9.17) is 0 Å². The third kappa shape index (κ3) is 3.43. The van der Waals surface area contributed by atoms with Crippen LogP contribution in [0.25, 0.3) is 10.9 Å². The van der Waals surface area contributed by atoms with Gasteiger partial charge in [0.15, 0.2) is 0 Å². The molecule has 146 valence electrons. The Labute approximate surface area is 164 Å². The van der Waals surface area contributed by atoms with Crippen LogP contribution in [0.15, 0.2) is 59.6 Å². The number of benzene rings is 2. The second-order valence-corrected chi connectivity index (χ2v) is 9.05. The average Bonchev–Trinajstić information content (AvgIpc) is 3.06. The summed E-state index contributed by atoms with van der Waals surface area (Å²) in [6.45, 7) is 1.14. The maximum absolute atomic E-state index is 12.7. The highest BCUT2D eigenvalue weighted by Gasteiger charge is 2.25. The minimum absolute atomic E-state index is 0.219. The number of rotatable bonds is 4. The van der Waals surface area contributed by atoms with Gasteiger partial charge in [-0.25, -0.2) is 8.42 Å². The third-order valence-electron chi connectivity index (χ3n) is 5.21. The molecule has 0 radical (unpaired) electrons. The molecule has 4 rings (SSSR count). The van der Waals surface area contributed by atoms with Crippen molar-refractivity contribution < 1.29 is 13.2 Å². The highest BCUT2D eigenvalue weighted by molar-refractivity contribution is 7.89. The molecule has 1 aliphatic rings. The van der Waals surface area contributed by atoms with E-state index in [1.165, 1.54) is 0 Å². The number of carbonyl (C=O) groups excluding carboxylic acids is 1. The fourth-order valence-electron chi connectivity index (χ4n) is 3.69. The molecule has 0 bridgehead atoms. The minimum Gasteiger partial charge on any atom is -0.350 e. The molecule has 2 heterocycles. The van der Waals surface area contributed by atoms with Gasteiger partial charge in [0.25, 0.3) is 5.91 Å². The van der Waals surface area contributed by atoms with Crippen LogP contribution in [0.2, 0.25) is 0 Å². The van der Waals surface area contributed by atoms with Gasteiger partial charge in [0.05, 0.1) is 10.5 Å². The number of aromatic nitrogens is 1. The zero-order chi connectivity index (χ0) is 19.7. The van der Waals surface area contributed by atoms with Gasteiger partial charge in [0.1, 0.15) is 0 Å². The van der Waals surface area contributed by atoms with Crippen molar-refractivity contribution in [1.82, 2.24) is 8.87 Å². The van der Waals surface area contributed by atoms with Crippen molar-refractivity contribution in [3.63, 3.8) is 0 Å². The molecule has 1 amide bonds. The van der Waals surface area contributed by atoms with E-state index in [0.29, 0.717) is 24.3 Å². The van der Waals surface area contributed by atoms with Crippen molar-refractivity contribution in [2.45, 2.75) is 24.2 Å². The molecule has 3 aromatic rings. The summed E-state index contributed by atoms with van der Waals surface area (Å²) in [5.41, 5.74) is 2.13. The molecule has 6 nitrogen and oxygen atoms in total. The van der Waals surface area contributed by atoms with Gasteiger partial charge in [-0.05, 0) is 43.2 Å². The lowest BCUT2D eigenvalue weighted by Gasteiger charge is -2.25. The van der Waals surface area contributed by atoms with Gasteiger partial charge >= 0.3 is 0 Å². The summed E-state index contributed by atoms with van der Waals surface area (Å²) in [4.78, 5) is 13.0. The van der Waals surface area contributed by atoms with Crippen molar-refractivity contribution in [3.05, 3.63) is 60.3 Å². The minimum atomic E-state index is -3.47. The first-order valence-corrected chi connectivity index (χ1v) is 10.9. The van der Waals surface area contributed by atoms with Crippen LogP contribution in [-0.2, 0) is 17.1 Å². The van der Waals surface area contributed by atoms with Gasteiger partial charge in [-0.2, -0.15) is 4.31 Å². The molecule has 0 spiro atoms. The number of nitrogens with zero attached hydrogens (tertiary/aromatic N) is 2. The summed E-state index contributed by atoms with van der Waals surface area (Å²) in [5.74, 6) is -0.219. The molecule has 0 unspecified atom stereocenters. The molecule has 2 aromatic carbocycles. The summed E-state index contributed by atoms with van der Waals surface area (Å²) in [5, 5.41) is 3.74. The Morgan fingerprint density at radius 2 is 1.64 bits per heavy atom. The van der Waals surface area contributed by atoms with Crippen molar-refractivity contribution in [1.29, 1.82) is 0 Å². The molecule has 0 saturated carbocycles. The average molecular weight is 398 g/mol. The Balaban J connectivity index is 1.53. The fourth-order valence-corrected chi connectivity index (χ4v) is 5.20. The van der Waals surface area contributed by atoms with Crippen LogP contribution in [0.5, 0.6) is 0 Å². The van der Waals surface area contributed by atoms with Crippen LogP contribution in [0.1, 0.15) is 29.6 Å². The first kappa shape index (κ1) is 18.7. The molecule has 0 atom stereocenters. The van der Waals surface area contributed by atoms with E-state index in [9.17, 15) is 13.2 Å². The molecule has 0 aliphatic carbocycles. The van der Waals surface area contributed by atoms with Crippen LogP contribution in [0.4, 0.5) is 5.69 Å². The van der Waals surface area contributed by atoms with E-state index < -0.39 is 10.0 Å². The van der Waals surface area contributed by atoms with Crippen LogP contribution in [0.3, 0.4) is 0 Å². The number of hydrogen-bond acceptors (Lipinski definition) is 3. The largest absolute Gasteiger partial charge is 0.350 e. The van der Waals surface area contributed by atoms with Gasteiger partial charge < -0.3 is 9.88 Å². The van der Waals surface area contributed by atoms with Gasteiger partial charge in [-0.1, -0.05) is 24.6 Å². The smallest absolute Gasteiger partial charge is 0.257 e. The van der Waals surface area contributed by atoms with Crippen molar-refractivity contribution in [2.75, 3.05) is 18.4 Å². The zero-order valence-corrected chi connectivity index (χ0v) is 16.6. The molecular formula is C21H23N3O3S. The number of nitrogens with one attached hydrogen (secondary N) is 1. The fraction of sp³-hybridized carbons (Fsp3) is 0.286. The number of fused-ring (bicyclic) bond motifs is 1. The number of piperidine rings is 1. The van der Waals surface area contributed by atoms with Crippen LogP contribution in [0, 0.1) is 0 Å². The lowest BCUT2D eigenvalue weighted by Crippen LogP contribution is -2.35. The Morgan fingerprint density at radius 3 is 2.36 bits per heavy atom. The van der Waals surface area contributed by atoms with Crippen molar-refractivity contribution in [2.24, 2.45) is 7.05 Å². The summed E-state index contributed by atoms with van der Waals surface area (Å²) < 4.78 is 28.9. The summed E-state index contributed by atoms with van der Waals surface area (Å²) in [7, 11) is -1.57. The number of hydrogen-bond donors (Lipinski definition) is 1. The van der Waals surface area contributed by atoms with Crippen molar-refractivity contribution in [3.8, 4) is 0 Å². The molecule has 1 aromatic heterocycles. The Kier molecular flexibility index (Phi) is 4.95. The van der Waals surface area contributed by atoms with Gasteiger partial charge in [0.2, 0.25) is 10.0 Å². The van der Waals surface area contributed by atoms with Crippen LogP contribution < -0.4 is 5.32 Å². The maximum atomic E-state index is 12.7. The number of sulfonamides is 1. The van der Waals surface area contributed by atoms with Crippen LogP contribution >= 0.6 is 0 Å². The van der Waals surface area contributed by atoms with Crippen molar-refractivity contribution >= 4 is 32.5 Å². The molecule has 1 N–H and O–H groups in total. The normalized spacial score (nSPS) is 15.6. The predicted molar refractivity (Wildman–Crippen MR) is 110 cm³/mol. The lowest BCUT2D eigenvalue weighted by molar-refractivity contribution is 0.102. The van der Waals surface area contributed by atoms with Crippen LogP contribution in [-0.4, -0.2) is 36.3 Å². The maximum Gasteiger partial charge on any atom is 0.257 e. The quantitative estimate of drug-likeness (QED) is 0.731. The van der Waals surface area contributed by atoms with E-state index in [1.807, 2.05) is 35.9 Å². The predicted octanol–water partition coefficient (Wildman–Crippen LogP) is 3.61. The SMILES string of the molecule is Cn1cc(C(=O)Nc2ccc(S(=O)(=O)N3CCCCC3)cc2)c2ccccc21. The van der Waals surface area contributed by atoms with E-state index in [-0.39, 0.29) is 10.8 Å². The lowest BCUT2D eigenvalue weighted by atomic mass is 10.1. The monoisotopic (exact) mass is 397 g/mol. The number of aryl methyl sites for hydroxylation is 1. The van der Waals surface area contributed by atoms with E-state index in [0.717, 1.165) is 30.2 Å². The van der Waals surface area contributed by atoms with Gasteiger partial charge in [-0.15, -0.1) is 0 Å². The molecule has 1 fully saturated rings. The second-order valence-electron chi connectivity index (χ2n) is 7.11. The Hall–Kier alpha value is -2.64. The number of amides is 1. The molecule has 1 saturated heterocycles. The standard InChI is InChI=1S/C21H23N3O3S/c1-23-15-19(18-7-3-4-8-20(18)23)21(25)22-16-9-11-17(12-10-16)28(26,27)24-13-5-2-6-14-24/h3-4,7-12,15H,2,5-6,13-14H2,1H3,(H,22,25). The topological polar surface area (TPSA) is 71.4 Å². The highest BCUT2D eigenvalue weighted by Crippen LogP contribution is 2.24. The number of carbonyl (C=O) groups is 1. The van der Waals surface area contributed by atoms with E-state index in [1.54, 1.807) is 34.8 Å². The Morgan fingerprint density at radius 1 is 0.964 bits per heavy atom. The van der Waals surface area contributed by atoms with Gasteiger partial charge in [0, 0.05) is 42.9 Å². The molecular weight excluding hydrogens is 374 g/mol. The summed E-state index contributed by atoms with van der Waals surface area (Å²) in [6.07, 6.45) is 4.68. The zero-order valence-electron chi connectivity index (χ0n) is 15.8. The second kappa shape index (κ2) is 7.41. The van der Waals surface area contributed by atoms with Gasteiger partial charge in [-0.3, -0.25) is 4.79 Å². The summed E-state index contributed by atoms with van der Waals surface area (Å²) in [6, 6.07) is 14.1. The molecule has 7 heteroatoms. The first-order valence-electron chi connectivity index (χ1n) is 9.42. The number of para-hydroxylation sites is 1. The Bertz CT molecular complexity index is 1110. The third-order valence-corrected chi connectivity index (χ3v) is 7.12. The summed E-state index contributed by atoms with van der Waals surface area (Å²) >= 11 is 0. The highest BCUT2D eigenvalue weighted by atomic mass is 32.2. The number of anilines is 1. The first-order chi connectivity index (χ1) is 13.5. The van der Waals surface area contributed by atoms with E-state index in [2.05, 4.69) is 5.32 Å². The van der Waals surface area contributed by atoms with E-state index >= 15 is 0 Å². The molecule has 28 heavy (non-hydrogen) atoms. The molecule has 1 aliphatic heterocycles.